The molecule has 0 spiro atoms. The molecule has 0 aromatic heterocycles. The van der Waals surface area contributed by atoms with Gasteiger partial charge in [-0.05, 0) is 36.6 Å². The summed E-state index contributed by atoms with van der Waals surface area (Å²) in [6.07, 6.45) is 1.52. The van der Waals surface area contributed by atoms with Crippen LogP contribution in [0.15, 0.2) is 53.4 Å². The zero-order valence-electron chi connectivity index (χ0n) is 11.2. The molecular formula is C15H15Cl2NO2S. The Morgan fingerprint density at radius 2 is 1.71 bits per heavy atom. The van der Waals surface area contributed by atoms with E-state index in [-0.39, 0.29) is 9.92 Å². The van der Waals surface area contributed by atoms with E-state index >= 15 is 0 Å². The molecule has 2 aromatic rings. The summed E-state index contributed by atoms with van der Waals surface area (Å²) in [5, 5.41) is 0.499. The molecule has 0 saturated heterocycles. The molecule has 2 rings (SSSR count). The van der Waals surface area contributed by atoms with Gasteiger partial charge in [-0.2, -0.15) is 0 Å². The molecule has 0 atom stereocenters. The van der Waals surface area contributed by atoms with Crippen LogP contribution in [0.5, 0.6) is 0 Å². The minimum absolute atomic E-state index is 0.0105. The van der Waals surface area contributed by atoms with Crippen molar-refractivity contribution >= 4 is 33.2 Å². The molecule has 0 unspecified atom stereocenters. The van der Waals surface area contributed by atoms with Crippen molar-refractivity contribution in [3.8, 4) is 0 Å². The Kier molecular flexibility index (Phi) is 5.65. The van der Waals surface area contributed by atoms with Gasteiger partial charge < -0.3 is 0 Å². The van der Waals surface area contributed by atoms with Gasteiger partial charge in [-0.15, -0.1) is 0 Å². The molecule has 0 aliphatic heterocycles. The summed E-state index contributed by atoms with van der Waals surface area (Å²) in [6.45, 7) is 0.347. The Morgan fingerprint density at radius 3 is 2.43 bits per heavy atom. The fourth-order valence-electron chi connectivity index (χ4n) is 1.90. The lowest BCUT2D eigenvalue weighted by atomic mass is 10.1. The maximum atomic E-state index is 12.2. The quantitative estimate of drug-likeness (QED) is 0.808. The largest absolute Gasteiger partial charge is 0.242 e. The van der Waals surface area contributed by atoms with Crippen molar-refractivity contribution in [3.63, 3.8) is 0 Å². The summed E-state index contributed by atoms with van der Waals surface area (Å²) in [5.74, 6) is 0. The van der Waals surface area contributed by atoms with Crippen LogP contribution in [0.3, 0.4) is 0 Å². The predicted octanol–water partition coefficient (Wildman–Crippen LogP) is 3.90. The number of sulfonamides is 1. The number of benzene rings is 2. The first-order valence-corrected chi connectivity index (χ1v) is 8.71. The number of hydrogen-bond acceptors (Lipinski definition) is 2. The van der Waals surface area contributed by atoms with Crippen molar-refractivity contribution in [1.82, 2.24) is 4.72 Å². The van der Waals surface area contributed by atoms with Crippen LogP contribution in [-0.2, 0) is 16.4 Å². The first-order valence-electron chi connectivity index (χ1n) is 6.48. The third-order valence-corrected chi connectivity index (χ3v) is 5.14. The van der Waals surface area contributed by atoms with Crippen molar-refractivity contribution < 1.29 is 8.42 Å². The molecule has 0 radical (unpaired) electrons. The summed E-state index contributed by atoms with van der Waals surface area (Å²) in [7, 11) is -3.63. The molecule has 6 heteroatoms. The Bertz CT molecular complexity index is 703. The highest BCUT2D eigenvalue weighted by Gasteiger charge is 2.17. The van der Waals surface area contributed by atoms with Crippen LogP contribution in [0.25, 0.3) is 0 Å². The molecule has 0 fully saturated rings. The highest BCUT2D eigenvalue weighted by molar-refractivity contribution is 7.89. The van der Waals surface area contributed by atoms with Gasteiger partial charge in [0.25, 0.3) is 0 Å². The summed E-state index contributed by atoms with van der Waals surface area (Å²) >= 11 is 11.7. The van der Waals surface area contributed by atoms with Crippen molar-refractivity contribution in [2.45, 2.75) is 17.7 Å². The van der Waals surface area contributed by atoms with Gasteiger partial charge in [0.1, 0.15) is 4.90 Å². The standard InChI is InChI=1S/C15H15Cl2NO2S/c16-13-8-9-14(17)15(11-13)21(19,20)18-10-4-7-12-5-2-1-3-6-12/h1-3,5-6,8-9,11,18H,4,7,10H2. The van der Waals surface area contributed by atoms with Gasteiger partial charge in [-0.1, -0.05) is 53.5 Å². The fourth-order valence-corrected chi connectivity index (χ4v) is 3.74. The zero-order valence-corrected chi connectivity index (χ0v) is 13.5. The molecule has 0 aliphatic rings. The number of nitrogens with one attached hydrogen (secondary N) is 1. The van der Waals surface area contributed by atoms with Crippen LogP contribution in [0.1, 0.15) is 12.0 Å². The summed E-state index contributed by atoms with van der Waals surface area (Å²) in [6, 6.07) is 14.3. The van der Waals surface area contributed by atoms with E-state index in [2.05, 4.69) is 4.72 Å². The van der Waals surface area contributed by atoms with E-state index in [1.807, 2.05) is 30.3 Å². The van der Waals surface area contributed by atoms with Gasteiger partial charge in [-0.3, -0.25) is 0 Å². The molecule has 1 N–H and O–H groups in total. The Morgan fingerprint density at radius 1 is 1.00 bits per heavy atom. The van der Waals surface area contributed by atoms with Crippen molar-refractivity contribution in [3.05, 3.63) is 64.1 Å². The molecular weight excluding hydrogens is 329 g/mol. The average molecular weight is 344 g/mol. The highest BCUT2D eigenvalue weighted by Crippen LogP contribution is 2.24. The van der Waals surface area contributed by atoms with Crippen molar-refractivity contribution in [2.24, 2.45) is 0 Å². The number of hydrogen-bond donors (Lipinski definition) is 1. The lowest BCUT2D eigenvalue weighted by molar-refractivity contribution is 0.579. The van der Waals surface area contributed by atoms with Gasteiger partial charge in [-0.25, -0.2) is 13.1 Å². The van der Waals surface area contributed by atoms with E-state index in [1.54, 1.807) is 6.07 Å². The van der Waals surface area contributed by atoms with Gasteiger partial charge in [0.2, 0.25) is 10.0 Å². The molecule has 112 valence electrons. The van der Waals surface area contributed by atoms with Crippen LogP contribution >= 0.6 is 23.2 Å². The second-order valence-corrected chi connectivity index (χ2v) is 7.14. The minimum atomic E-state index is -3.63. The third-order valence-electron chi connectivity index (χ3n) is 2.96. The lowest BCUT2D eigenvalue weighted by Crippen LogP contribution is -2.25. The molecule has 0 aliphatic carbocycles. The van der Waals surface area contributed by atoms with E-state index in [4.69, 9.17) is 23.2 Å². The summed E-state index contributed by atoms with van der Waals surface area (Å²) in [5.41, 5.74) is 1.18. The first-order chi connectivity index (χ1) is 9.99. The van der Waals surface area contributed by atoms with Gasteiger partial charge in [0, 0.05) is 11.6 Å². The molecule has 0 amide bonds. The van der Waals surface area contributed by atoms with Crippen LogP contribution in [0, 0.1) is 0 Å². The number of halogens is 2. The van der Waals surface area contributed by atoms with Crippen molar-refractivity contribution in [1.29, 1.82) is 0 Å². The van der Waals surface area contributed by atoms with E-state index in [0.29, 0.717) is 18.0 Å². The summed E-state index contributed by atoms with van der Waals surface area (Å²) < 4.78 is 26.9. The summed E-state index contributed by atoms with van der Waals surface area (Å²) in [4.78, 5) is 0.0105. The zero-order chi connectivity index (χ0) is 15.3. The molecule has 0 saturated carbocycles. The topological polar surface area (TPSA) is 46.2 Å². The van der Waals surface area contributed by atoms with Gasteiger partial charge in [0.05, 0.1) is 5.02 Å². The molecule has 3 nitrogen and oxygen atoms in total. The van der Waals surface area contributed by atoms with E-state index in [1.165, 1.54) is 17.7 Å². The second-order valence-electron chi connectivity index (χ2n) is 4.56. The molecule has 0 bridgehead atoms. The number of aryl methyl sites for hydroxylation is 1. The fraction of sp³-hybridized carbons (Fsp3) is 0.200. The van der Waals surface area contributed by atoms with Crippen LogP contribution in [-0.4, -0.2) is 15.0 Å². The molecule has 21 heavy (non-hydrogen) atoms. The predicted molar refractivity (Wildman–Crippen MR) is 86.4 cm³/mol. The van der Waals surface area contributed by atoms with Crippen molar-refractivity contribution in [2.75, 3.05) is 6.54 Å². The van der Waals surface area contributed by atoms with E-state index in [0.717, 1.165) is 6.42 Å². The Balaban J connectivity index is 1.94. The van der Waals surface area contributed by atoms with Crippen LogP contribution < -0.4 is 4.72 Å². The van der Waals surface area contributed by atoms with Crippen LogP contribution in [0.2, 0.25) is 10.0 Å². The maximum Gasteiger partial charge on any atom is 0.242 e. The average Bonchev–Trinajstić information content (AvgIpc) is 2.47. The normalized spacial score (nSPS) is 11.5. The van der Waals surface area contributed by atoms with E-state index in [9.17, 15) is 8.42 Å². The van der Waals surface area contributed by atoms with Gasteiger partial charge in [0.15, 0.2) is 0 Å². The van der Waals surface area contributed by atoms with Gasteiger partial charge >= 0.3 is 0 Å². The van der Waals surface area contributed by atoms with E-state index < -0.39 is 10.0 Å². The SMILES string of the molecule is O=S(=O)(NCCCc1ccccc1)c1cc(Cl)ccc1Cl. The smallest absolute Gasteiger partial charge is 0.211 e. The minimum Gasteiger partial charge on any atom is -0.211 e. The molecule has 2 aromatic carbocycles. The lowest BCUT2D eigenvalue weighted by Gasteiger charge is -2.08. The third kappa shape index (κ3) is 4.71. The highest BCUT2D eigenvalue weighted by atomic mass is 35.5. The molecule has 0 heterocycles. The van der Waals surface area contributed by atoms with Crippen LogP contribution in [0.4, 0.5) is 0 Å². The second kappa shape index (κ2) is 7.27. The monoisotopic (exact) mass is 343 g/mol. The first kappa shape index (κ1) is 16.3. The number of rotatable bonds is 6. The Labute approximate surface area is 135 Å². The Hall–Kier alpha value is -1.07. The maximum absolute atomic E-state index is 12.2.